The van der Waals surface area contributed by atoms with E-state index in [0.29, 0.717) is 11.4 Å². The lowest BCUT2D eigenvalue weighted by atomic mass is 10.2. The van der Waals surface area contributed by atoms with Crippen molar-refractivity contribution in [3.63, 3.8) is 0 Å². The summed E-state index contributed by atoms with van der Waals surface area (Å²) in [6.07, 6.45) is 2.72. The third-order valence-electron chi connectivity index (χ3n) is 3.70. The minimum Gasteiger partial charge on any atom is -0.350 e. The summed E-state index contributed by atoms with van der Waals surface area (Å²) >= 11 is 3.39. The molecule has 6 nitrogen and oxygen atoms in total. The molecule has 0 aliphatic heterocycles. The Hall–Kier alpha value is -3.00. The van der Waals surface area contributed by atoms with Crippen molar-refractivity contribution in [1.82, 2.24) is 19.7 Å². The van der Waals surface area contributed by atoms with Gasteiger partial charge in [-0.15, -0.1) is 0 Å². The molecule has 0 unspecified atom stereocenters. The Labute approximate surface area is 149 Å². The minimum absolute atomic E-state index is 0.256. The first-order chi connectivity index (χ1) is 12.1. The summed E-state index contributed by atoms with van der Waals surface area (Å²) in [5.74, 6) is -0.857. The highest BCUT2D eigenvalue weighted by Gasteiger charge is 2.12. The smallest absolute Gasteiger partial charge is 0.272 e. The van der Waals surface area contributed by atoms with E-state index >= 15 is 0 Å². The van der Waals surface area contributed by atoms with E-state index in [-0.39, 0.29) is 11.6 Å². The van der Waals surface area contributed by atoms with Gasteiger partial charge in [0.1, 0.15) is 24.0 Å². The summed E-state index contributed by atoms with van der Waals surface area (Å²) in [5.41, 5.74) is 1.85. The highest BCUT2D eigenvalue weighted by atomic mass is 79.9. The first-order valence-corrected chi connectivity index (χ1v) is 8.13. The number of aromatic nitrogens is 4. The second-order valence-electron chi connectivity index (χ2n) is 5.37. The molecule has 2 N–H and O–H groups in total. The van der Waals surface area contributed by atoms with Crippen LogP contribution in [0.5, 0.6) is 0 Å². The van der Waals surface area contributed by atoms with E-state index in [1.807, 2.05) is 18.2 Å². The van der Waals surface area contributed by atoms with Crippen LogP contribution in [0.1, 0.15) is 10.5 Å². The van der Waals surface area contributed by atoms with E-state index in [9.17, 15) is 9.18 Å². The minimum atomic E-state index is -0.510. The van der Waals surface area contributed by atoms with Crippen molar-refractivity contribution in [2.75, 3.05) is 5.32 Å². The second kappa shape index (κ2) is 6.14. The molecule has 0 radical (unpaired) electrons. The molecular formula is C17H11BrFN5O. The maximum Gasteiger partial charge on any atom is 0.272 e. The first-order valence-electron chi connectivity index (χ1n) is 7.34. The van der Waals surface area contributed by atoms with Crippen LogP contribution < -0.4 is 5.32 Å². The van der Waals surface area contributed by atoms with Crippen molar-refractivity contribution < 1.29 is 9.18 Å². The van der Waals surface area contributed by atoms with Gasteiger partial charge in [0.05, 0.1) is 0 Å². The number of fused-ring (bicyclic) bond motifs is 1. The number of amides is 1. The lowest BCUT2D eigenvalue weighted by Gasteiger charge is -2.07. The van der Waals surface area contributed by atoms with Gasteiger partial charge in [-0.3, -0.25) is 4.79 Å². The van der Waals surface area contributed by atoms with Crippen molar-refractivity contribution in [3.05, 3.63) is 71.1 Å². The van der Waals surface area contributed by atoms with Crippen LogP contribution in [0.15, 0.2) is 59.6 Å². The Morgan fingerprint density at radius 3 is 2.84 bits per heavy atom. The molecule has 1 amide bonds. The van der Waals surface area contributed by atoms with Crippen molar-refractivity contribution >= 4 is 38.4 Å². The summed E-state index contributed by atoms with van der Waals surface area (Å²) in [6, 6.07) is 11.8. The van der Waals surface area contributed by atoms with Gasteiger partial charge in [-0.25, -0.2) is 14.1 Å². The van der Waals surface area contributed by atoms with E-state index in [4.69, 9.17) is 0 Å². The molecule has 0 saturated heterocycles. The van der Waals surface area contributed by atoms with Crippen LogP contribution in [0.2, 0.25) is 0 Å². The second-order valence-corrected chi connectivity index (χ2v) is 6.29. The number of carbonyl (C=O) groups excluding carboxylic acids is 1. The van der Waals surface area contributed by atoms with Crippen molar-refractivity contribution in [1.29, 1.82) is 0 Å². The molecule has 0 aliphatic carbocycles. The fourth-order valence-corrected chi connectivity index (χ4v) is 2.88. The highest BCUT2D eigenvalue weighted by Crippen LogP contribution is 2.22. The van der Waals surface area contributed by atoms with Crippen molar-refractivity contribution in [2.45, 2.75) is 0 Å². The van der Waals surface area contributed by atoms with Crippen LogP contribution in [-0.2, 0) is 0 Å². The van der Waals surface area contributed by atoms with E-state index in [2.05, 4.69) is 36.3 Å². The van der Waals surface area contributed by atoms with Gasteiger partial charge in [-0.05, 0) is 36.4 Å². The average Bonchev–Trinajstić information content (AvgIpc) is 3.23. The van der Waals surface area contributed by atoms with Gasteiger partial charge >= 0.3 is 0 Å². The van der Waals surface area contributed by atoms with E-state index in [0.717, 1.165) is 15.4 Å². The number of halogens is 2. The van der Waals surface area contributed by atoms with Crippen LogP contribution in [0.3, 0.4) is 0 Å². The van der Waals surface area contributed by atoms with Gasteiger partial charge in [0.2, 0.25) is 0 Å². The summed E-state index contributed by atoms with van der Waals surface area (Å²) in [6.45, 7) is 0. The summed E-state index contributed by atoms with van der Waals surface area (Å²) < 4.78 is 16.5. The topological polar surface area (TPSA) is 75.6 Å². The highest BCUT2D eigenvalue weighted by molar-refractivity contribution is 9.10. The Morgan fingerprint density at radius 1 is 1.20 bits per heavy atom. The molecule has 0 fully saturated rings. The third-order valence-corrected chi connectivity index (χ3v) is 4.19. The third kappa shape index (κ3) is 3.03. The zero-order valence-corrected chi connectivity index (χ0v) is 14.3. The number of nitrogens with one attached hydrogen (secondary N) is 2. The molecule has 2 heterocycles. The molecule has 0 spiro atoms. The van der Waals surface area contributed by atoms with Gasteiger partial charge in [-0.2, -0.15) is 5.10 Å². The molecule has 0 bridgehead atoms. The number of anilines is 1. The predicted molar refractivity (Wildman–Crippen MR) is 95.3 cm³/mol. The van der Waals surface area contributed by atoms with Gasteiger partial charge in [-0.1, -0.05) is 22.0 Å². The lowest BCUT2D eigenvalue weighted by molar-refractivity contribution is 0.102. The molecule has 4 rings (SSSR count). The molecule has 0 saturated carbocycles. The monoisotopic (exact) mass is 399 g/mol. The summed E-state index contributed by atoms with van der Waals surface area (Å²) in [4.78, 5) is 19.2. The van der Waals surface area contributed by atoms with Gasteiger partial charge in [0, 0.05) is 21.1 Å². The largest absolute Gasteiger partial charge is 0.350 e. The average molecular weight is 400 g/mol. The molecule has 4 aromatic rings. The molecule has 2 aromatic carbocycles. The Bertz CT molecular complexity index is 1070. The SMILES string of the molecule is O=C(Nc1ccc(-n2cncn2)c(F)c1)c1cc2ccc(Br)cc2[nH]1. The Morgan fingerprint density at radius 2 is 2.08 bits per heavy atom. The van der Waals surface area contributed by atoms with E-state index in [1.165, 1.54) is 29.5 Å². The molecule has 8 heteroatoms. The van der Waals surface area contributed by atoms with Crippen LogP contribution in [0.4, 0.5) is 10.1 Å². The van der Waals surface area contributed by atoms with Crippen molar-refractivity contribution in [2.24, 2.45) is 0 Å². The number of hydrogen-bond donors (Lipinski definition) is 2. The maximum atomic E-state index is 14.2. The maximum absolute atomic E-state index is 14.2. The number of benzene rings is 2. The van der Waals surface area contributed by atoms with Gasteiger partial charge < -0.3 is 10.3 Å². The van der Waals surface area contributed by atoms with Crippen LogP contribution in [0.25, 0.3) is 16.6 Å². The molecule has 2 aromatic heterocycles. The summed E-state index contributed by atoms with van der Waals surface area (Å²) in [7, 11) is 0. The molecule has 0 atom stereocenters. The number of hydrogen-bond acceptors (Lipinski definition) is 3. The zero-order chi connectivity index (χ0) is 17.4. The van der Waals surface area contributed by atoms with E-state index in [1.54, 1.807) is 12.1 Å². The number of aromatic amines is 1. The number of nitrogens with zero attached hydrogens (tertiary/aromatic N) is 3. The van der Waals surface area contributed by atoms with Gasteiger partial charge in [0.15, 0.2) is 5.82 Å². The van der Waals surface area contributed by atoms with Crippen molar-refractivity contribution in [3.8, 4) is 5.69 Å². The van der Waals surface area contributed by atoms with Crippen LogP contribution >= 0.6 is 15.9 Å². The molecule has 25 heavy (non-hydrogen) atoms. The zero-order valence-electron chi connectivity index (χ0n) is 12.7. The molecule has 124 valence electrons. The quantitative estimate of drug-likeness (QED) is 0.548. The first kappa shape index (κ1) is 15.5. The van der Waals surface area contributed by atoms with Gasteiger partial charge in [0.25, 0.3) is 5.91 Å². The normalized spacial score (nSPS) is 11.0. The standard InChI is InChI=1S/C17H11BrFN5O/c18-11-2-1-10-5-15(23-14(10)6-11)17(25)22-12-3-4-16(13(19)7-12)24-9-20-8-21-24/h1-9,23H,(H,22,25). The number of carbonyl (C=O) groups is 1. The Kier molecular flexibility index (Phi) is 3.81. The predicted octanol–water partition coefficient (Wildman–Crippen LogP) is 3.90. The molecule has 0 aliphatic rings. The Balaban J connectivity index is 1.58. The number of H-pyrrole nitrogens is 1. The van der Waals surface area contributed by atoms with Crippen LogP contribution in [-0.4, -0.2) is 25.7 Å². The van der Waals surface area contributed by atoms with E-state index < -0.39 is 5.82 Å². The van der Waals surface area contributed by atoms with Crippen LogP contribution in [0, 0.1) is 5.82 Å². The lowest BCUT2D eigenvalue weighted by Crippen LogP contribution is -2.12. The number of rotatable bonds is 3. The summed E-state index contributed by atoms with van der Waals surface area (Å²) in [5, 5.41) is 7.48. The fraction of sp³-hybridized carbons (Fsp3) is 0. The molecular weight excluding hydrogens is 389 g/mol. The fourth-order valence-electron chi connectivity index (χ4n) is 2.52.